The van der Waals surface area contributed by atoms with Gasteiger partial charge in [-0.25, -0.2) is 5.09 Å². The van der Waals surface area contributed by atoms with E-state index in [-0.39, 0.29) is 24.7 Å². The average Bonchev–Trinajstić information content (AvgIpc) is 3.02. The fraction of sp³-hybridized carbons (Fsp3) is 0.625. The van der Waals surface area contributed by atoms with Crippen molar-refractivity contribution in [2.75, 3.05) is 20.2 Å². The van der Waals surface area contributed by atoms with E-state index >= 15 is 0 Å². The number of carbonyl (C=O) groups excluding carboxylic acids is 5. The summed E-state index contributed by atoms with van der Waals surface area (Å²) in [6.07, 6.45) is 1.86. The SMILES string of the molecule is COP(=O)(NCC(=O)N[C@H](C(=O)N[C@H](C(=O)NCCCCCC(=O)O)C(C)C)C(C)C)C(Cc1ccccc1)NC(=O)[C@H](C)NC(C)=O. The van der Waals surface area contributed by atoms with Gasteiger partial charge in [0.15, 0.2) is 0 Å². The third kappa shape index (κ3) is 15.4. The van der Waals surface area contributed by atoms with Gasteiger partial charge >= 0.3 is 5.97 Å². The Morgan fingerprint density at radius 1 is 0.792 bits per heavy atom. The van der Waals surface area contributed by atoms with E-state index in [0.717, 1.165) is 5.56 Å². The van der Waals surface area contributed by atoms with E-state index in [1.54, 1.807) is 58.0 Å². The average molecular weight is 697 g/mol. The number of carboxylic acid groups (broad SMARTS) is 1. The summed E-state index contributed by atoms with van der Waals surface area (Å²) in [5.41, 5.74) is 0.733. The topological polar surface area (TPSA) is 221 Å². The molecule has 7 N–H and O–H groups in total. The molecule has 2 unspecified atom stereocenters. The zero-order valence-corrected chi connectivity index (χ0v) is 29.9. The Morgan fingerprint density at radius 3 is 1.94 bits per heavy atom. The highest BCUT2D eigenvalue weighted by Gasteiger charge is 2.37. The maximum absolute atomic E-state index is 14.0. The van der Waals surface area contributed by atoms with Gasteiger partial charge in [0.05, 0.1) is 6.54 Å². The maximum atomic E-state index is 14.0. The molecule has 0 aliphatic rings. The molecule has 0 aromatic heterocycles. The molecule has 0 heterocycles. The molecule has 1 aromatic carbocycles. The number of amides is 5. The van der Waals surface area contributed by atoms with Crippen molar-refractivity contribution in [3.8, 4) is 0 Å². The Kier molecular flexibility index (Phi) is 18.7. The van der Waals surface area contributed by atoms with Crippen LogP contribution in [0.2, 0.25) is 0 Å². The second-order valence-corrected chi connectivity index (χ2v) is 14.8. The van der Waals surface area contributed by atoms with Gasteiger partial charge in [-0.2, -0.15) is 0 Å². The van der Waals surface area contributed by atoms with Crippen LogP contribution in [0.1, 0.15) is 72.8 Å². The van der Waals surface area contributed by atoms with Crippen LogP contribution in [0.25, 0.3) is 0 Å². The molecule has 0 aliphatic carbocycles. The van der Waals surface area contributed by atoms with Crippen LogP contribution in [-0.4, -0.2) is 84.7 Å². The molecule has 0 saturated carbocycles. The summed E-state index contributed by atoms with van der Waals surface area (Å²) in [6.45, 7) is 9.53. The van der Waals surface area contributed by atoms with Crippen LogP contribution in [0.5, 0.6) is 0 Å². The van der Waals surface area contributed by atoms with Crippen molar-refractivity contribution >= 4 is 43.0 Å². The van der Waals surface area contributed by atoms with Crippen LogP contribution >= 0.6 is 7.52 Å². The molecule has 5 atom stereocenters. The quantitative estimate of drug-likeness (QED) is 0.0687. The normalized spacial score (nSPS) is 14.9. The molecule has 15 nitrogen and oxygen atoms in total. The Balaban J connectivity index is 2.96. The molecule has 0 spiro atoms. The lowest BCUT2D eigenvalue weighted by molar-refractivity contribution is -0.137. The highest BCUT2D eigenvalue weighted by Crippen LogP contribution is 2.46. The minimum absolute atomic E-state index is 0.0590. The predicted octanol–water partition coefficient (Wildman–Crippen LogP) is 1.67. The summed E-state index contributed by atoms with van der Waals surface area (Å²) in [6, 6.07) is 6.07. The first-order valence-corrected chi connectivity index (χ1v) is 17.8. The first-order valence-electron chi connectivity index (χ1n) is 16.1. The van der Waals surface area contributed by atoms with E-state index in [9.17, 15) is 33.3 Å². The fourth-order valence-electron chi connectivity index (χ4n) is 4.67. The van der Waals surface area contributed by atoms with E-state index < -0.39 is 73.5 Å². The number of hydrogen-bond acceptors (Lipinski definition) is 8. The largest absolute Gasteiger partial charge is 0.481 e. The van der Waals surface area contributed by atoms with Crippen LogP contribution in [0, 0.1) is 11.8 Å². The Labute approximate surface area is 283 Å². The van der Waals surface area contributed by atoms with Gasteiger partial charge in [0.25, 0.3) is 7.52 Å². The lowest BCUT2D eigenvalue weighted by Crippen LogP contribution is -2.57. The second-order valence-electron chi connectivity index (χ2n) is 12.3. The number of benzene rings is 1. The summed E-state index contributed by atoms with van der Waals surface area (Å²) < 4.78 is 19.4. The van der Waals surface area contributed by atoms with Crippen molar-refractivity contribution < 1.29 is 43.0 Å². The molecule has 0 fully saturated rings. The van der Waals surface area contributed by atoms with Crippen LogP contribution in [0.3, 0.4) is 0 Å². The van der Waals surface area contributed by atoms with Gasteiger partial charge < -0.3 is 36.2 Å². The predicted molar refractivity (Wildman–Crippen MR) is 181 cm³/mol. The van der Waals surface area contributed by atoms with E-state index in [1.807, 2.05) is 0 Å². The smallest absolute Gasteiger partial charge is 0.303 e. The number of hydrogen-bond donors (Lipinski definition) is 7. The van der Waals surface area contributed by atoms with Crippen molar-refractivity contribution in [1.29, 1.82) is 0 Å². The summed E-state index contributed by atoms with van der Waals surface area (Å²) >= 11 is 0. The molecule has 270 valence electrons. The van der Waals surface area contributed by atoms with Gasteiger partial charge in [-0.05, 0) is 37.2 Å². The molecular formula is C32H53N6O9P. The van der Waals surface area contributed by atoms with Crippen molar-refractivity contribution in [2.24, 2.45) is 11.8 Å². The zero-order valence-electron chi connectivity index (χ0n) is 29.0. The Hall–Kier alpha value is -3.81. The van der Waals surface area contributed by atoms with E-state index in [4.69, 9.17) is 9.63 Å². The van der Waals surface area contributed by atoms with E-state index in [2.05, 4.69) is 31.7 Å². The maximum Gasteiger partial charge on any atom is 0.303 e. The monoisotopic (exact) mass is 696 g/mol. The van der Waals surface area contributed by atoms with Gasteiger partial charge in [0.2, 0.25) is 29.5 Å². The van der Waals surface area contributed by atoms with Gasteiger partial charge in [-0.15, -0.1) is 0 Å². The molecule has 1 aromatic rings. The van der Waals surface area contributed by atoms with Crippen LogP contribution in [0.4, 0.5) is 0 Å². The Bertz CT molecular complexity index is 1280. The minimum Gasteiger partial charge on any atom is -0.481 e. The van der Waals surface area contributed by atoms with Crippen molar-refractivity contribution in [1.82, 2.24) is 31.7 Å². The van der Waals surface area contributed by atoms with Gasteiger partial charge in [-0.3, -0.25) is 33.3 Å². The Morgan fingerprint density at radius 2 is 1.40 bits per heavy atom. The molecular weight excluding hydrogens is 643 g/mol. The van der Waals surface area contributed by atoms with Gasteiger partial charge in [-0.1, -0.05) is 64.4 Å². The lowest BCUT2D eigenvalue weighted by atomic mass is 9.99. The first kappa shape index (κ1) is 42.2. The molecule has 0 radical (unpaired) electrons. The van der Waals surface area contributed by atoms with Crippen LogP contribution < -0.4 is 31.7 Å². The number of nitrogens with one attached hydrogen (secondary N) is 6. The number of aliphatic carboxylic acids is 1. The van der Waals surface area contributed by atoms with Gasteiger partial charge in [0.1, 0.15) is 23.9 Å². The molecule has 0 bridgehead atoms. The van der Waals surface area contributed by atoms with Crippen LogP contribution in [0.15, 0.2) is 30.3 Å². The zero-order chi connectivity index (χ0) is 36.4. The fourth-order valence-corrected chi connectivity index (χ4v) is 6.39. The van der Waals surface area contributed by atoms with Crippen molar-refractivity contribution in [3.63, 3.8) is 0 Å². The molecule has 0 saturated heterocycles. The van der Waals surface area contributed by atoms with Crippen molar-refractivity contribution in [3.05, 3.63) is 35.9 Å². The molecule has 1 rings (SSSR count). The minimum atomic E-state index is -3.96. The standard InChI is InChI=1S/C32H53N6O9P/c1-20(2)28(31(44)33-17-13-9-12-16-27(41)42)38-32(45)29(21(3)4)36-25(40)19-34-48(46,47-7)26(18-24-14-10-8-11-15-24)37-30(43)22(5)35-23(6)39/h8,10-11,14-15,20-22,26,28-29H,9,12-13,16-19H2,1-7H3,(H,33,44)(H,34,46)(H,35,39)(H,36,40)(H,37,43)(H,38,45)(H,41,42)/t22-,26?,28-,29-,48?/m0/s1. The molecule has 5 amide bonds. The van der Waals surface area contributed by atoms with Crippen molar-refractivity contribution in [2.45, 2.75) is 97.6 Å². The van der Waals surface area contributed by atoms with Gasteiger partial charge in [0, 0.05) is 33.4 Å². The molecule has 0 aliphatic heterocycles. The summed E-state index contributed by atoms with van der Waals surface area (Å²) in [5, 5.41) is 24.7. The third-order valence-corrected chi connectivity index (χ3v) is 9.69. The molecule has 16 heteroatoms. The summed E-state index contributed by atoms with van der Waals surface area (Å²) in [4.78, 5) is 74.3. The first-order chi connectivity index (χ1) is 22.5. The molecule has 48 heavy (non-hydrogen) atoms. The number of unbranched alkanes of at least 4 members (excludes halogenated alkanes) is 2. The third-order valence-electron chi connectivity index (χ3n) is 7.41. The second kappa shape index (κ2) is 21.2. The highest BCUT2D eigenvalue weighted by atomic mass is 31.2. The number of carboxylic acids is 1. The number of carbonyl (C=O) groups is 6. The van der Waals surface area contributed by atoms with E-state index in [1.165, 1.54) is 21.0 Å². The number of rotatable bonds is 22. The lowest BCUT2D eigenvalue weighted by Gasteiger charge is -2.29. The van der Waals surface area contributed by atoms with Crippen LogP contribution in [-0.2, 0) is 44.3 Å². The highest BCUT2D eigenvalue weighted by molar-refractivity contribution is 7.57. The van der Waals surface area contributed by atoms with E-state index in [0.29, 0.717) is 25.8 Å². The summed E-state index contributed by atoms with van der Waals surface area (Å²) in [5.74, 6) is -5.32. The summed E-state index contributed by atoms with van der Waals surface area (Å²) in [7, 11) is -2.77.